The number of amides is 2. The predicted molar refractivity (Wildman–Crippen MR) is 105 cm³/mol. The van der Waals surface area contributed by atoms with Crippen molar-refractivity contribution in [1.82, 2.24) is 5.32 Å². The molecular weight excluding hydrogens is 378 g/mol. The van der Waals surface area contributed by atoms with E-state index in [1.807, 2.05) is 0 Å². The first-order chi connectivity index (χ1) is 13.8. The van der Waals surface area contributed by atoms with Gasteiger partial charge in [0.2, 0.25) is 11.8 Å². The van der Waals surface area contributed by atoms with Crippen LogP contribution in [0.3, 0.4) is 0 Å². The molecule has 158 valence electrons. The van der Waals surface area contributed by atoms with Crippen molar-refractivity contribution < 1.29 is 24.0 Å². The van der Waals surface area contributed by atoms with E-state index < -0.39 is 28.8 Å². The quantitative estimate of drug-likeness (QED) is 0.366. The molecule has 1 aliphatic carbocycles. The van der Waals surface area contributed by atoms with E-state index in [9.17, 15) is 24.5 Å². The Balaban J connectivity index is 2.28. The van der Waals surface area contributed by atoms with Crippen LogP contribution in [-0.2, 0) is 19.1 Å². The standard InChI is InChI=1S/C20H27N3O6/c1-2-29-17(24)12-16(13-8-10-15(11-9-13)23(27)28)18(19(21)25)22-20(26)14-6-4-3-5-7-14/h8-11,14,16,18H,2-7,12H2,1H3,(H2,21,25)(H,22,26)/t16-,18+/m0/s1. The van der Waals surface area contributed by atoms with Crippen molar-refractivity contribution in [1.29, 1.82) is 0 Å². The van der Waals surface area contributed by atoms with Gasteiger partial charge in [0.05, 0.1) is 18.0 Å². The number of benzene rings is 1. The van der Waals surface area contributed by atoms with E-state index in [0.717, 1.165) is 32.1 Å². The smallest absolute Gasteiger partial charge is 0.306 e. The third-order valence-electron chi connectivity index (χ3n) is 5.21. The number of carbonyl (C=O) groups excluding carboxylic acids is 3. The van der Waals surface area contributed by atoms with Crippen molar-refractivity contribution in [2.45, 2.75) is 57.4 Å². The van der Waals surface area contributed by atoms with Crippen LogP contribution in [0.15, 0.2) is 24.3 Å². The zero-order valence-electron chi connectivity index (χ0n) is 16.5. The van der Waals surface area contributed by atoms with Crippen molar-refractivity contribution >= 4 is 23.5 Å². The van der Waals surface area contributed by atoms with Crippen LogP contribution in [0.2, 0.25) is 0 Å². The minimum absolute atomic E-state index is 0.120. The first-order valence-corrected chi connectivity index (χ1v) is 9.83. The molecule has 9 heteroatoms. The SMILES string of the molecule is CCOC(=O)C[C@@H](c1ccc([N+](=O)[O-])cc1)[C@@H](NC(=O)C1CCCCC1)C(N)=O. The highest BCUT2D eigenvalue weighted by atomic mass is 16.6. The van der Waals surface area contributed by atoms with Crippen LogP contribution in [0.5, 0.6) is 0 Å². The van der Waals surface area contributed by atoms with E-state index in [-0.39, 0.29) is 30.5 Å². The molecule has 0 aliphatic heterocycles. The van der Waals surface area contributed by atoms with Crippen molar-refractivity contribution in [3.05, 3.63) is 39.9 Å². The maximum absolute atomic E-state index is 12.7. The van der Waals surface area contributed by atoms with E-state index in [0.29, 0.717) is 5.56 Å². The zero-order valence-corrected chi connectivity index (χ0v) is 16.5. The second kappa shape index (κ2) is 10.5. The molecule has 1 aliphatic rings. The maximum atomic E-state index is 12.7. The molecule has 0 aromatic heterocycles. The highest BCUT2D eigenvalue weighted by Crippen LogP contribution is 2.28. The summed E-state index contributed by atoms with van der Waals surface area (Å²) in [5.41, 5.74) is 5.93. The Kier molecular flexibility index (Phi) is 8.11. The summed E-state index contributed by atoms with van der Waals surface area (Å²) >= 11 is 0. The van der Waals surface area contributed by atoms with Crippen LogP contribution in [0, 0.1) is 16.0 Å². The number of primary amides is 1. The highest BCUT2D eigenvalue weighted by Gasteiger charge is 2.34. The van der Waals surface area contributed by atoms with E-state index >= 15 is 0 Å². The molecule has 0 radical (unpaired) electrons. The Bertz CT molecular complexity index is 743. The fraction of sp³-hybridized carbons (Fsp3) is 0.550. The summed E-state index contributed by atoms with van der Waals surface area (Å²) in [6, 6.07) is 4.37. The molecule has 2 rings (SSSR count). The number of nitro benzene ring substituents is 1. The second-order valence-electron chi connectivity index (χ2n) is 7.19. The molecule has 29 heavy (non-hydrogen) atoms. The van der Waals surface area contributed by atoms with Gasteiger partial charge in [-0.25, -0.2) is 0 Å². The number of hydrogen-bond acceptors (Lipinski definition) is 6. The second-order valence-corrected chi connectivity index (χ2v) is 7.19. The summed E-state index contributed by atoms with van der Waals surface area (Å²) < 4.78 is 5.00. The van der Waals surface area contributed by atoms with Crippen molar-refractivity contribution in [3.8, 4) is 0 Å². The molecule has 1 aromatic carbocycles. The molecule has 1 fully saturated rings. The normalized spacial score (nSPS) is 16.4. The Morgan fingerprint density at radius 2 is 1.83 bits per heavy atom. The van der Waals surface area contributed by atoms with Gasteiger partial charge in [-0.3, -0.25) is 24.5 Å². The van der Waals surface area contributed by atoms with Gasteiger partial charge in [0.25, 0.3) is 5.69 Å². The number of rotatable bonds is 9. The Labute approximate surface area is 169 Å². The van der Waals surface area contributed by atoms with Gasteiger partial charge in [-0.05, 0) is 25.3 Å². The number of hydrogen-bond donors (Lipinski definition) is 2. The average Bonchev–Trinajstić information content (AvgIpc) is 2.71. The lowest BCUT2D eigenvalue weighted by Crippen LogP contribution is -2.50. The topological polar surface area (TPSA) is 142 Å². The van der Waals surface area contributed by atoms with E-state index in [2.05, 4.69) is 5.32 Å². The lowest BCUT2D eigenvalue weighted by Gasteiger charge is -2.28. The van der Waals surface area contributed by atoms with E-state index in [4.69, 9.17) is 10.5 Å². The number of carbonyl (C=O) groups is 3. The van der Waals surface area contributed by atoms with Gasteiger partial charge in [-0.2, -0.15) is 0 Å². The molecule has 0 unspecified atom stereocenters. The van der Waals surface area contributed by atoms with Crippen LogP contribution < -0.4 is 11.1 Å². The Morgan fingerprint density at radius 3 is 2.34 bits per heavy atom. The number of nitrogens with one attached hydrogen (secondary N) is 1. The molecule has 2 amide bonds. The minimum Gasteiger partial charge on any atom is -0.466 e. The fourth-order valence-electron chi connectivity index (χ4n) is 3.68. The molecule has 0 spiro atoms. The summed E-state index contributed by atoms with van der Waals surface area (Å²) in [5, 5.41) is 13.6. The fourth-order valence-corrected chi connectivity index (χ4v) is 3.68. The predicted octanol–water partition coefficient (Wildman–Crippen LogP) is 2.18. The lowest BCUT2D eigenvalue weighted by molar-refractivity contribution is -0.384. The zero-order chi connectivity index (χ0) is 21.4. The van der Waals surface area contributed by atoms with Crippen molar-refractivity contribution in [3.63, 3.8) is 0 Å². The van der Waals surface area contributed by atoms with Crippen LogP contribution in [0.4, 0.5) is 5.69 Å². The van der Waals surface area contributed by atoms with E-state index in [1.165, 1.54) is 24.3 Å². The Morgan fingerprint density at radius 1 is 1.21 bits per heavy atom. The van der Waals surface area contributed by atoms with Crippen molar-refractivity contribution in [2.24, 2.45) is 11.7 Å². The van der Waals surface area contributed by atoms with Crippen LogP contribution in [-0.4, -0.2) is 35.4 Å². The molecule has 2 atom stereocenters. The van der Waals surface area contributed by atoms with Gasteiger partial charge >= 0.3 is 5.97 Å². The number of ether oxygens (including phenoxy) is 1. The third kappa shape index (κ3) is 6.27. The first kappa shape index (κ1) is 22.3. The van der Waals surface area contributed by atoms with Gasteiger partial charge < -0.3 is 15.8 Å². The van der Waals surface area contributed by atoms with Gasteiger partial charge in [0.15, 0.2) is 0 Å². The molecule has 9 nitrogen and oxygen atoms in total. The van der Waals surface area contributed by atoms with Gasteiger partial charge in [-0.1, -0.05) is 31.4 Å². The number of nitrogens with two attached hydrogens (primary N) is 1. The molecule has 0 bridgehead atoms. The number of esters is 1. The number of non-ortho nitro benzene ring substituents is 1. The largest absolute Gasteiger partial charge is 0.466 e. The van der Waals surface area contributed by atoms with Crippen LogP contribution >= 0.6 is 0 Å². The summed E-state index contributed by atoms with van der Waals surface area (Å²) in [7, 11) is 0. The molecular formula is C20H27N3O6. The summed E-state index contributed by atoms with van der Waals surface area (Å²) in [6.45, 7) is 1.83. The number of nitrogens with zero attached hydrogens (tertiary/aromatic N) is 1. The Hall–Kier alpha value is -2.97. The summed E-state index contributed by atoms with van der Waals surface area (Å²) in [6.07, 6.45) is 4.29. The summed E-state index contributed by atoms with van der Waals surface area (Å²) in [4.78, 5) is 47.4. The molecule has 1 saturated carbocycles. The maximum Gasteiger partial charge on any atom is 0.306 e. The van der Waals surface area contributed by atoms with Gasteiger partial charge in [0, 0.05) is 24.0 Å². The van der Waals surface area contributed by atoms with Crippen LogP contribution in [0.1, 0.15) is 56.9 Å². The monoisotopic (exact) mass is 405 g/mol. The summed E-state index contributed by atoms with van der Waals surface area (Å²) in [5.74, 6) is -2.56. The highest BCUT2D eigenvalue weighted by molar-refractivity contribution is 5.89. The molecule has 0 saturated heterocycles. The first-order valence-electron chi connectivity index (χ1n) is 9.83. The molecule has 0 heterocycles. The van der Waals surface area contributed by atoms with Crippen LogP contribution in [0.25, 0.3) is 0 Å². The van der Waals surface area contributed by atoms with Gasteiger partial charge in [0.1, 0.15) is 6.04 Å². The number of nitro groups is 1. The average molecular weight is 405 g/mol. The molecule has 3 N–H and O–H groups in total. The lowest BCUT2D eigenvalue weighted by atomic mass is 9.85. The van der Waals surface area contributed by atoms with E-state index in [1.54, 1.807) is 6.92 Å². The van der Waals surface area contributed by atoms with Crippen molar-refractivity contribution in [2.75, 3.05) is 6.61 Å². The minimum atomic E-state index is -1.13. The van der Waals surface area contributed by atoms with Gasteiger partial charge in [-0.15, -0.1) is 0 Å². The molecule has 1 aromatic rings. The third-order valence-corrected chi connectivity index (χ3v) is 5.21.